The first-order valence-corrected chi connectivity index (χ1v) is 9.02. The number of thiophene rings is 1. The molecule has 1 fully saturated rings. The molecule has 0 radical (unpaired) electrons. The van der Waals surface area contributed by atoms with Gasteiger partial charge in [0, 0.05) is 10.8 Å². The van der Waals surface area contributed by atoms with Crippen LogP contribution in [0.3, 0.4) is 0 Å². The largest absolute Gasteiger partial charge is 0.452 e. The van der Waals surface area contributed by atoms with E-state index in [1.165, 1.54) is 16.7 Å². The van der Waals surface area contributed by atoms with Gasteiger partial charge in [-0.2, -0.15) is 13.2 Å². The minimum absolute atomic E-state index is 0.0763. The number of hydrogen-bond donors (Lipinski definition) is 3. The van der Waals surface area contributed by atoms with E-state index in [0.29, 0.717) is 10.6 Å². The molecule has 1 aromatic heterocycles. The molecule has 4 amide bonds. The molecule has 12 heteroatoms. The maximum absolute atomic E-state index is 12.3. The summed E-state index contributed by atoms with van der Waals surface area (Å²) in [6.07, 6.45) is -3.06. The van der Waals surface area contributed by atoms with Crippen molar-refractivity contribution in [2.24, 2.45) is 5.92 Å². The fourth-order valence-corrected chi connectivity index (χ4v) is 3.16. The molecular formula is C16H18F3N3O5S. The smallest absolute Gasteiger partial charge is 0.405 e. The summed E-state index contributed by atoms with van der Waals surface area (Å²) in [5.74, 6) is -2.26. The van der Waals surface area contributed by atoms with Gasteiger partial charge < -0.3 is 15.4 Å². The topological polar surface area (TPSA) is 114 Å². The molecular weight excluding hydrogens is 403 g/mol. The maximum atomic E-state index is 12.3. The Morgan fingerprint density at radius 2 is 1.82 bits per heavy atom. The molecule has 0 spiro atoms. The Balaban J connectivity index is 1.91. The molecule has 2 rings (SSSR count). The molecule has 1 aliphatic carbocycles. The SMILES string of the molecule is Cc1sc(NC(=O)C2CC2)c(C(=O)OCC(=O)NC(=O)NCC(F)(F)F)c1C. The van der Waals surface area contributed by atoms with E-state index in [2.05, 4.69) is 5.32 Å². The number of nitrogens with one attached hydrogen (secondary N) is 3. The van der Waals surface area contributed by atoms with Crippen LogP contribution < -0.4 is 16.0 Å². The van der Waals surface area contributed by atoms with Crippen molar-refractivity contribution in [1.82, 2.24) is 10.6 Å². The molecule has 0 atom stereocenters. The van der Waals surface area contributed by atoms with Gasteiger partial charge in [-0.15, -0.1) is 11.3 Å². The van der Waals surface area contributed by atoms with E-state index in [0.717, 1.165) is 17.7 Å². The molecule has 1 aliphatic rings. The standard InChI is InChI=1S/C16H18F3N3O5S/c1-7-8(2)28-13(22-12(24)9-3-4-9)11(7)14(25)27-5-10(23)21-15(26)20-6-16(17,18)19/h9H,3-6H2,1-2H3,(H,22,24)(H2,20,21,23,26). The lowest BCUT2D eigenvalue weighted by Crippen LogP contribution is -2.44. The maximum Gasteiger partial charge on any atom is 0.405 e. The van der Waals surface area contributed by atoms with Crippen molar-refractivity contribution in [3.8, 4) is 0 Å². The van der Waals surface area contributed by atoms with Crippen LogP contribution in [0.2, 0.25) is 0 Å². The number of halogens is 3. The molecule has 1 heterocycles. The minimum Gasteiger partial charge on any atom is -0.452 e. The average Bonchev–Trinajstić information content (AvgIpc) is 3.38. The van der Waals surface area contributed by atoms with Gasteiger partial charge in [0.2, 0.25) is 5.91 Å². The number of amides is 4. The Hall–Kier alpha value is -2.63. The number of urea groups is 1. The van der Waals surface area contributed by atoms with Gasteiger partial charge in [0.05, 0.1) is 5.56 Å². The molecule has 0 aliphatic heterocycles. The summed E-state index contributed by atoms with van der Waals surface area (Å²) in [4.78, 5) is 47.8. The second-order valence-electron chi connectivity index (χ2n) is 6.17. The Kier molecular flexibility index (Phi) is 6.65. The van der Waals surface area contributed by atoms with Crippen LogP contribution in [0.4, 0.5) is 23.0 Å². The highest BCUT2D eigenvalue weighted by Crippen LogP contribution is 2.36. The summed E-state index contributed by atoms with van der Waals surface area (Å²) >= 11 is 1.19. The number of anilines is 1. The Bertz CT molecular complexity index is 802. The Morgan fingerprint density at radius 1 is 1.18 bits per heavy atom. The molecule has 0 bridgehead atoms. The van der Waals surface area contributed by atoms with Crippen molar-refractivity contribution >= 4 is 40.2 Å². The van der Waals surface area contributed by atoms with Crippen molar-refractivity contribution in [3.63, 3.8) is 0 Å². The first kappa shape index (κ1) is 21.7. The van der Waals surface area contributed by atoms with Gasteiger partial charge in [0.15, 0.2) is 6.61 Å². The van der Waals surface area contributed by atoms with Gasteiger partial charge in [0.25, 0.3) is 5.91 Å². The third kappa shape index (κ3) is 6.22. The second kappa shape index (κ2) is 8.59. The van der Waals surface area contributed by atoms with Crippen LogP contribution in [0, 0.1) is 19.8 Å². The van der Waals surface area contributed by atoms with Gasteiger partial charge in [-0.3, -0.25) is 14.9 Å². The molecule has 1 saturated carbocycles. The highest BCUT2D eigenvalue weighted by atomic mass is 32.1. The predicted octanol–water partition coefficient (Wildman–Crippen LogP) is 2.26. The third-order valence-electron chi connectivity index (χ3n) is 3.81. The van der Waals surface area contributed by atoms with Gasteiger partial charge in [0.1, 0.15) is 11.5 Å². The van der Waals surface area contributed by atoms with Crippen molar-refractivity contribution < 1.29 is 37.1 Å². The van der Waals surface area contributed by atoms with E-state index in [9.17, 15) is 32.3 Å². The fraction of sp³-hybridized carbons (Fsp3) is 0.500. The lowest BCUT2D eigenvalue weighted by Gasteiger charge is -2.10. The zero-order valence-corrected chi connectivity index (χ0v) is 15.8. The number of esters is 1. The highest BCUT2D eigenvalue weighted by Gasteiger charge is 2.32. The van der Waals surface area contributed by atoms with Gasteiger partial charge in [-0.25, -0.2) is 9.59 Å². The quantitative estimate of drug-likeness (QED) is 0.610. The molecule has 0 aromatic carbocycles. The Labute approximate surface area is 161 Å². The number of imide groups is 1. The molecule has 154 valence electrons. The van der Waals surface area contributed by atoms with Gasteiger partial charge in [-0.05, 0) is 32.3 Å². The zero-order chi connectivity index (χ0) is 21.1. The van der Waals surface area contributed by atoms with E-state index < -0.39 is 37.2 Å². The zero-order valence-electron chi connectivity index (χ0n) is 15.0. The van der Waals surface area contributed by atoms with Crippen molar-refractivity contribution in [1.29, 1.82) is 0 Å². The summed E-state index contributed by atoms with van der Waals surface area (Å²) in [5.41, 5.74) is 0.676. The van der Waals surface area contributed by atoms with E-state index in [-0.39, 0.29) is 17.4 Å². The van der Waals surface area contributed by atoms with E-state index >= 15 is 0 Å². The third-order valence-corrected chi connectivity index (χ3v) is 4.93. The summed E-state index contributed by atoms with van der Waals surface area (Å²) < 4.78 is 40.8. The van der Waals surface area contributed by atoms with E-state index in [1.807, 2.05) is 0 Å². The molecule has 28 heavy (non-hydrogen) atoms. The second-order valence-corrected chi connectivity index (χ2v) is 7.40. The molecule has 3 N–H and O–H groups in total. The van der Waals surface area contributed by atoms with Crippen molar-refractivity contribution in [2.75, 3.05) is 18.5 Å². The number of carbonyl (C=O) groups is 4. The first-order valence-electron chi connectivity index (χ1n) is 8.20. The summed E-state index contributed by atoms with van der Waals surface area (Å²) in [6, 6.07) is -1.36. The van der Waals surface area contributed by atoms with Crippen LogP contribution in [0.25, 0.3) is 0 Å². The van der Waals surface area contributed by atoms with Crippen LogP contribution in [0.15, 0.2) is 0 Å². The van der Waals surface area contributed by atoms with Gasteiger partial charge in [-0.1, -0.05) is 0 Å². The average molecular weight is 421 g/mol. The van der Waals surface area contributed by atoms with Crippen molar-refractivity contribution in [2.45, 2.75) is 32.9 Å². The minimum atomic E-state index is -4.62. The molecule has 8 nitrogen and oxygen atoms in total. The number of hydrogen-bond acceptors (Lipinski definition) is 6. The van der Waals surface area contributed by atoms with Gasteiger partial charge >= 0.3 is 18.2 Å². The van der Waals surface area contributed by atoms with Crippen LogP contribution in [-0.2, 0) is 14.3 Å². The summed E-state index contributed by atoms with van der Waals surface area (Å²) in [5, 5.41) is 6.05. The lowest BCUT2D eigenvalue weighted by atomic mass is 10.1. The Morgan fingerprint density at radius 3 is 2.39 bits per heavy atom. The fourth-order valence-electron chi connectivity index (χ4n) is 2.11. The number of ether oxygens (including phenoxy) is 1. The molecule has 0 unspecified atom stereocenters. The lowest BCUT2D eigenvalue weighted by molar-refractivity contribution is -0.125. The first-order chi connectivity index (χ1) is 13.0. The number of rotatable bonds is 6. The highest BCUT2D eigenvalue weighted by molar-refractivity contribution is 7.16. The van der Waals surface area contributed by atoms with Crippen LogP contribution in [0.5, 0.6) is 0 Å². The summed E-state index contributed by atoms with van der Waals surface area (Å²) in [6.45, 7) is 0.924. The van der Waals surface area contributed by atoms with Crippen LogP contribution in [0.1, 0.15) is 33.6 Å². The number of aryl methyl sites for hydroxylation is 1. The molecule has 1 aromatic rings. The summed E-state index contributed by atoms with van der Waals surface area (Å²) in [7, 11) is 0. The van der Waals surface area contributed by atoms with E-state index in [1.54, 1.807) is 19.2 Å². The number of carbonyl (C=O) groups excluding carboxylic acids is 4. The van der Waals surface area contributed by atoms with E-state index in [4.69, 9.17) is 4.74 Å². The predicted molar refractivity (Wildman–Crippen MR) is 93.0 cm³/mol. The monoisotopic (exact) mass is 421 g/mol. The number of alkyl halides is 3. The van der Waals surface area contributed by atoms with Crippen molar-refractivity contribution in [3.05, 3.63) is 16.0 Å². The normalized spacial score (nSPS) is 13.6. The van der Waals surface area contributed by atoms with Crippen LogP contribution in [-0.4, -0.2) is 43.1 Å². The molecule has 0 saturated heterocycles. The van der Waals surface area contributed by atoms with Crippen LogP contribution >= 0.6 is 11.3 Å².